The molecule has 1 amide bonds. The van der Waals surface area contributed by atoms with Gasteiger partial charge in [-0.2, -0.15) is 0 Å². The van der Waals surface area contributed by atoms with E-state index in [9.17, 15) is 4.79 Å². The lowest BCUT2D eigenvalue weighted by Crippen LogP contribution is -2.21. The van der Waals surface area contributed by atoms with Crippen LogP contribution in [0.5, 0.6) is 0 Å². The van der Waals surface area contributed by atoms with Crippen LogP contribution in [-0.4, -0.2) is 18.7 Å². The van der Waals surface area contributed by atoms with E-state index < -0.39 is 0 Å². The van der Waals surface area contributed by atoms with E-state index in [1.807, 2.05) is 24.3 Å². The topological polar surface area (TPSA) is 67.5 Å². The van der Waals surface area contributed by atoms with Crippen molar-refractivity contribution < 1.29 is 4.79 Å². The van der Waals surface area contributed by atoms with Crippen LogP contribution in [-0.2, 0) is 4.79 Å². The highest BCUT2D eigenvalue weighted by atomic mass is 16.1. The average molecular weight is 267 g/mol. The molecule has 0 radical (unpaired) electrons. The number of rotatable bonds is 3. The normalized spacial score (nSPS) is 18.9. The fraction of sp³-hybridized carbons (Fsp3) is 0.250. The van der Waals surface area contributed by atoms with Crippen LogP contribution in [0.3, 0.4) is 0 Å². The number of hydrogen-bond acceptors (Lipinski definition) is 3. The predicted octanol–water partition coefficient (Wildman–Crippen LogP) is 2.45. The Labute approximate surface area is 118 Å². The summed E-state index contributed by atoms with van der Waals surface area (Å²) in [6.45, 7) is 0. The van der Waals surface area contributed by atoms with Gasteiger partial charge in [-0.15, -0.1) is 0 Å². The van der Waals surface area contributed by atoms with Crippen LogP contribution in [0.15, 0.2) is 41.4 Å². The van der Waals surface area contributed by atoms with Crippen molar-refractivity contribution in [2.75, 3.05) is 12.8 Å². The zero-order valence-electron chi connectivity index (χ0n) is 11.4. The summed E-state index contributed by atoms with van der Waals surface area (Å²) in [6.07, 6.45) is 7.51. The van der Waals surface area contributed by atoms with Crippen molar-refractivity contribution in [3.05, 3.63) is 42.0 Å². The number of allylic oxidation sites excluding steroid dienone is 4. The van der Waals surface area contributed by atoms with Crippen molar-refractivity contribution in [2.24, 2.45) is 10.9 Å². The number of hydrogen-bond donors (Lipinski definition) is 2. The first-order valence-electron chi connectivity index (χ1n) is 6.77. The van der Waals surface area contributed by atoms with E-state index in [1.54, 1.807) is 7.05 Å². The molecule has 3 rings (SSSR count). The number of nitrogen functional groups attached to an aromatic ring is 1. The smallest absolute Gasteiger partial charge is 0.219 e. The number of carbonyl (C=O) groups excluding carboxylic acids is 1. The molecule has 102 valence electrons. The molecular weight excluding hydrogens is 250 g/mol. The fourth-order valence-corrected chi connectivity index (χ4v) is 2.67. The Morgan fingerprint density at radius 3 is 3.10 bits per heavy atom. The van der Waals surface area contributed by atoms with Crippen LogP contribution in [0.25, 0.3) is 5.57 Å². The second-order valence-electron chi connectivity index (χ2n) is 5.06. The third-order valence-electron chi connectivity index (χ3n) is 3.75. The van der Waals surface area contributed by atoms with Crippen LogP contribution in [0.4, 0.5) is 11.4 Å². The van der Waals surface area contributed by atoms with Gasteiger partial charge in [0.2, 0.25) is 5.91 Å². The van der Waals surface area contributed by atoms with Crippen molar-refractivity contribution in [3.63, 3.8) is 0 Å². The second kappa shape index (κ2) is 4.96. The summed E-state index contributed by atoms with van der Waals surface area (Å²) in [4.78, 5) is 16.1. The largest absolute Gasteiger partial charge is 0.399 e. The van der Waals surface area contributed by atoms with Gasteiger partial charge < -0.3 is 11.1 Å². The lowest BCUT2D eigenvalue weighted by atomic mass is 9.86. The molecule has 1 aromatic carbocycles. The van der Waals surface area contributed by atoms with Gasteiger partial charge in [-0.05, 0) is 24.6 Å². The van der Waals surface area contributed by atoms with E-state index in [2.05, 4.69) is 17.5 Å². The van der Waals surface area contributed by atoms with Gasteiger partial charge in [0, 0.05) is 36.2 Å². The lowest BCUT2D eigenvalue weighted by Gasteiger charge is -2.17. The zero-order valence-corrected chi connectivity index (χ0v) is 11.4. The molecule has 0 spiro atoms. The highest BCUT2D eigenvalue weighted by Gasteiger charge is 2.27. The number of nitrogens with zero attached hydrogens (tertiary/aromatic N) is 1. The number of carbonyl (C=O) groups is 1. The number of anilines is 1. The molecule has 0 saturated carbocycles. The van der Waals surface area contributed by atoms with Gasteiger partial charge in [-0.1, -0.05) is 18.2 Å². The minimum Gasteiger partial charge on any atom is -0.399 e. The van der Waals surface area contributed by atoms with E-state index in [1.165, 1.54) is 0 Å². The minimum absolute atomic E-state index is 0.0647. The maximum atomic E-state index is 11.4. The molecule has 1 heterocycles. The van der Waals surface area contributed by atoms with Crippen LogP contribution < -0.4 is 11.1 Å². The summed E-state index contributed by atoms with van der Waals surface area (Å²) in [7, 11) is 1.66. The molecule has 1 aliphatic heterocycles. The van der Waals surface area contributed by atoms with E-state index in [4.69, 9.17) is 10.7 Å². The van der Waals surface area contributed by atoms with Crippen molar-refractivity contribution in [1.29, 1.82) is 0 Å². The summed E-state index contributed by atoms with van der Waals surface area (Å²) in [5.41, 5.74) is 10.8. The summed E-state index contributed by atoms with van der Waals surface area (Å²) < 4.78 is 0. The highest BCUT2D eigenvalue weighted by molar-refractivity contribution is 6.31. The van der Waals surface area contributed by atoms with Crippen molar-refractivity contribution >= 4 is 28.6 Å². The van der Waals surface area contributed by atoms with Gasteiger partial charge in [0.1, 0.15) is 0 Å². The molecule has 2 aliphatic rings. The summed E-state index contributed by atoms with van der Waals surface area (Å²) in [6, 6.07) is 5.78. The quantitative estimate of drug-likeness (QED) is 0.826. The lowest BCUT2D eigenvalue weighted by molar-refractivity contribution is -0.120. The van der Waals surface area contributed by atoms with Crippen molar-refractivity contribution in [1.82, 2.24) is 5.32 Å². The van der Waals surface area contributed by atoms with Crippen molar-refractivity contribution in [2.45, 2.75) is 12.8 Å². The monoisotopic (exact) mass is 267 g/mol. The van der Waals surface area contributed by atoms with Crippen LogP contribution in [0, 0.1) is 5.92 Å². The predicted molar refractivity (Wildman–Crippen MR) is 81.9 cm³/mol. The molecule has 1 unspecified atom stereocenters. The Morgan fingerprint density at radius 1 is 1.45 bits per heavy atom. The molecule has 20 heavy (non-hydrogen) atoms. The molecule has 0 fully saturated rings. The Kier molecular flexibility index (Phi) is 3.14. The van der Waals surface area contributed by atoms with E-state index in [-0.39, 0.29) is 11.8 Å². The zero-order chi connectivity index (χ0) is 14.1. The number of nitrogens with two attached hydrogens (primary N) is 1. The van der Waals surface area contributed by atoms with Gasteiger partial charge in [-0.25, -0.2) is 0 Å². The number of aliphatic imine (C=N–C) groups is 1. The number of amides is 1. The standard InChI is InChI=1S/C16H17N3O/c1-18-15(20)8-5-10-3-2-4-12-13-9-11(17)6-7-14(13)19-16(10)12/h2-4,6-7,9-10H,5,8,17H2,1H3,(H,18,20). The summed E-state index contributed by atoms with van der Waals surface area (Å²) in [5, 5.41) is 2.65. The van der Waals surface area contributed by atoms with Crippen LogP contribution >= 0.6 is 0 Å². The molecule has 1 aromatic rings. The third kappa shape index (κ3) is 2.13. The first-order valence-corrected chi connectivity index (χ1v) is 6.77. The molecule has 0 bridgehead atoms. The van der Waals surface area contributed by atoms with E-state index >= 15 is 0 Å². The first kappa shape index (κ1) is 12.7. The van der Waals surface area contributed by atoms with Crippen molar-refractivity contribution in [3.8, 4) is 0 Å². The van der Waals surface area contributed by atoms with Gasteiger partial charge in [0.25, 0.3) is 0 Å². The molecular formula is C16H17N3O. The molecule has 1 aliphatic carbocycles. The first-order chi connectivity index (χ1) is 9.69. The number of nitrogens with one attached hydrogen (secondary N) is 1. The maximum Gasteiger partial charge on any atom is 0.219 e. The average Bonchev–Trinajstić information content (AvgIpc) is 2.83. The molecule has 3 N–H and O–H groups in total. The molecule has 0 aromatic heterocycles. The number of fused-ring (bicyclic) bond motifs is 3. The molecule has 0 saturated heterocycles. The Bertz CT molecular complexity index is 656. The second-order valence-corrected chi connectivity index (χ2v) is 5.06. The Hall–Kier alpha value is -2.36. The van der Waals surface area contributed by atoms with Gasteiger partial charge in [0.05, 0.1) is 11.4 Å². The molecule has 1 atom stereocenters. The maximum absolute atomic E-state index is 11.4. The minimum atomic E-state index is 0.0647. The van der Waals surface area contributed by atoms with Gasteiger partial charge in [0.15, 0.2) is 0 Å². The Balaban J connectivity index is 1.86. The third-order valence-corrected chi connectivity index (χ3v) is 3.75. The SMILES string of the molecule is CNC(=O)CCC1C=CC=C2C1=Nc1ccc(N)cc12. The highest BCUT2D eigenvalue weighted by Crippen LogP contribution is 2.40. The van der Waals surface area contributed by atoms with E-state index in [0.29, 0.717) is 6.42 Å². The summed E-state index contributed by atoms with van der Waals surface area (Å²) in [5.74, 6) is 0.260. The van der Waals surface area contributed by atoms with Crippen LogP contribution in [0.1, 0.15) is 18.4 Å². The number of benzene rings is 1. The summed E-state index contributed by atoms with van der Waals surface area (Å²) >= 11 is 0. The molecule has 4 heteroatoms. The van der Waals surface area contributed by atoms with E-state index in [0.717, 1.165) is 34.6 Å². The van der Waals surface area contributed by atoms with Gasteiger partial charge in [-0.3, -0.25) is 9.79 Å². The van der Waals surface area contributed by atoms with Gasteiger partial charge >= 0.3 is 0 Å². The van der Waals surface area contributed by atoms with Crippen LogP contribution in [0.2, 0.25) is 0 Å². The Morgan fingerprint density at radius 2 is 2.30 bits per heavy atom. The molecule has 4 nitrogen and oxygen atoms in total. The fourth-order valence-electron chi connectivity index (χ4n) is 2.67.